The lowest BCUT2D eigenvalue weighted by molar-refractivity contribution is -1.02. The minimum atomic E-state index is -0.323. The predicted octanol–water partition coefficient (Wildman–Crippen LogP) is -0.936. The summed E-state index contributed by atoms with van der Waals surface area (Å²) < 4.78 is 14.6. The molecule has 1 aliphatic rings. The minimum Gasteiger partial charge on any atom is -0.321 e. The molecule has 3 heterocycles. The van der Waals surface area contributed by atoms with Crippen LogP contribution in [0.25, 0.3) is 5.65 Å². The molecule has 1 aromatic carbocycles. The zero-order chi connectivity index (χ0) is 21.1. The number of aryl methyl sites for hydroxylation is 1. The fourth-order valence-corrected chi connectivity index (χ4v) is 3.99. The molecule has 2 aromatic heterocycles. The molecule has 156 valence electrons. The van der Waals surface area contributed by atoms with Crippen LogP contribution in [-0.2, 0) is 11.3 Å². The fraction of sp³-hybridized carbons (Fsp3) is 0.318. The Morgan fingerprint density at radius 1 is 1.10 bits per heavy atom. The van der Waals surface area contributed by atoms with E-state index in [2.05, 4.69) is 10.3 Å². The van der Waals surface area contributed by atoms with Crippen LogP contribution in [0.15, 0.2) is 53.3 Å². The van der Waals surface area contributed by atoms with Gasteiger partial charge in [0.2, 0.25) is 0 Å². The number of carbonyl (C=O) groups is 1. The van der Waals surface area contributed by atoms with Crippen LogP contribution in [0, 0.1) is 12.7 Å². The van der Waals surface area contributed by atoms with Crippen molar-refractivity contribution in [3.05, 3.63) is 76.1 Å². The van der Waals surface area contributed by atoms with Crippen LogP contribution in [0.5, 0.6) is 0 Å². The van der Waals surface area contributed by atoms with Crippen LogP contribution in [0.2, 0.25) is 0 Å². The lowest BCUT2D eigenvalue weighted by Gasteiger charge is -2.29. The number of rotatable bonds is 5. The molecule has 0 aliphatic carbocycles. The summed E-state index contributed by atoms with van der Waals surface area (Å²) in [6, 6.07) is 13.1. The normalized spacial score (nSPS) is 19.0. The molecule has 8 heteroatoms. The van der Waals surface area contributed by atoms with Crippen LogP contribution >= 0.6 is 0 Å². The first kappa shape index (κ1) is 20.2. The van der Waals surface area contributed by atoms with E-state index in [9.17, 15) is 14.0 Å². The second-order valence-corrected chi connectivity index (χ2v) is 7.86. The van der Waals surface area contributed by atoms with Crippen molar-refractivity contribution in [2.24, 2.45) is 0 Å². The molecule has 1 fully saturated rings. The van der Waals surface area contributed by atoms with Gasteiger partial charge in [-0.1, -0.05) is 6.07 Å². The molecule has 0 spiro atoms. The molecule has 1 saturated heterocycles. The quantitative estimate of drug-likeness (QED) is 0.508. The van der Waals surface area contributed by atoms with Crippen molar-refractivity contribution in [3.63, 3.8) is 0 Å². The molecule has 0 unspecified atom stereocenters. The van der Waals surface area contributed by atoms with Crippen molar-refractivity contribution in [3.8, 4) is 0 Å². The Morgan fingerprint density at radius 2 is 1.80 bits per heavy atom. The predicted molar refractivity (Wildman–Crippen MR) is 111 cm³/mol. The lowest BCUT2D eigenvalue weighted by atomic mass is 10.2. The number of pyridine rings is 1. The Kier molecular flexibility index (Phi) is 5.87. The van der Waals surface area contributed by atoms with Crippen molar-refractivity contribution < 1.29 is 19.0 Å². The Morgan fingerprint density at radius 3 is 2.53 bits per heavy atom. The number of carbonyl (C=O) groups excluding carboxylic acids is 1. The van der Waals surface area contributed by atoms with Gasteiger partial charge in [-0.15, -0.1) is 0 Å². The number of nitrogens with zero attached hydrogens (tertiary/aromatic N) is 2. The molecule has 0 atom stereocenters. The molecule has 4 rings (SSSR count). The zero-order valence-corrected chi connectivity index (χ0v) is 17.0. The molecular weight excluding hydrogens is 385 g/mol. The van der Waals surface area contributed by atoms with Gasteiger partial charge in [0, 0.05) is 17.4 Å². The van der Waals surface area contributed by atoms with Crippen molar-refractivity contribution >= 4 is 17.2 Å². The third kappa shape index (κ3) is 4.72. The number of amides is 1. The maximum absolute atomic E-state index is 13.0. The summed E-state index contributed by atoms with van der Waals surface area (Å²) in [6.07, 6.45) is 0. The van der Waals surface area contributed by atoms with Gasteiger partial charge in [0.25, 0.3) is 11.5 Å². The smallest absolute Gasteiger partial charge is 0.279 e. The van der Waals surface area contributed by atoms with E-state index in [0.717, 1.165) is 37.6 Å². The number of anilines is 1. The van der Waals surface area contributed by atoms with Crippen molar-refractivity contribution in [2.75, 3.05) is 38.0 Å². The van der Waals surface area contributed by atoms with Gasteiger partial charge >= 0.3 is 0 Å². The van der Waals surface area contributed by atoms with E-state index in [1.54, 1.807) is 22.6 Å². The topological polar surface area (TPSA) is 72.3 Å². The highest BCUT2D eigenvalue weighted by Crippen LogP contribution is 2.07. The summed E-state index contributed by atoms with van der Waals surface area (Å²) in [4.78, 5) is 31.9. The van der Waals surface area contributed by atoms with Crippen LogP contribution in [0.4, 0.5) is 10.1 Å². The van der Waals surface area contributed by atoms with E-state index in [-0.39, 0.29) is 17.3 Å². The summed E-state index contributed by atoms with van der Waals surface area (Å²) in [5.41, 5.74) is 2.92. The van der Waals surface area contributed by atoms with Crippen LogP contribution in [0.3, 0.4) is 0 Å². The van der Waals surface area contributed by atoms with E-state index >= 15 is 0 Å². The van der Waals surface area contributed by atoms with Crippen LogP contribution in [0.1, 0.15) is 11.4 Å². The number of hydrogen-bond acceptors (Lipinski definition) is 3. The first-order valence-electron chi connectivity index (χ1n) is 10.2. The highest BCUT2D eigenvalue weighted by Gasteiger charge is 2.25. The standard InChI is InChI=1S/C22H24FN5O2/c1-16-3-2-4-20-24-19(13-22(30)28(16)20)14-26-9-11-27(12-10-26)15-21(29)25-18-7-5-17(23)6-8-18/h2-8,13H,9-12,14-15H2,1H3,(H,25,29)/p+2. The largest absolute Gasteiger partial charge is 0.321 e. The zero-order valence-electron chi connectivity index (χ0n) is 17.0. The third-order valence-electron chi connectivity index (χ3n) is 5.57. The van der Waals surface area contributed by atoms with E-state index in [1.807, 2.05) is 25.1 Å². The lowest BCUT2D eigenvalue weighted by Crippen LogP contribution is -3.28. The summed E-state index contributed by atoms with van der Waals surface area (Å²) in [5.74, 6) is -0.393. The molecule has 0 radical (unpaired) electrons. The van der Waals surface area contributed by atoms with Gasteiger partial charge in [-0.05, 0) is 43.3 Å². The van der Waals surface area contributed by atoms with E-state index in [1.165, 1.54) is 21.9 Å². The van der Waals surface area contributed by atoms with Crippen molar-refractivity contribution in [1.82, 2.24) is 9.38 Å². The van der Waals surface area contributed by atoms with E-state index in [0.29, 0.717) is 24.4 Å². The number of quaternary nitrogens is 2. The molecule has 0 saturated carbocycles. The van der Waals surface area contributed by atoms with Gasteiger partial charge < -0.3 is 15.1 Å². The summed E-state index contributed by atoms with van der Waals surface area (Å²) >= 11 is 0. The molecule has 30 heavy (non-hydrogen) atoms. The molecular formula is C22H26FN5O2+2. The number of benzene rings is 1. The second-order valence-electron chi connectivity index (χ2n) is 7.86. The summed E-state index contributed by atoms with van der Waals surface area (Å²) in [5, 5.41) is 2.81. The van der Waals surface area contributed by atoms with Crippen molar-refractivity contribution in [2.45, 2.75) is 13.5 Å². The molecule has 3 aromatic rings. The SMILES string of the molecule is Cc1cccc2nc(C[NH+]3CC[NH+](CC(=O)Nc4ccc(F)cc4)CC3)cc(=O)n12. The average Bonchev–Trinajstić information content (AvgIpc) is 2.71. The minimum absolute atomic E-state index is 0.0470. The van der Waals surface area contributed by atoms with Crippen LogP contribution < -0.4 is 20.7 Å². The Labute approximate surface area is 173 Å². The van der Waals surface area contributed by atoms with Gasteiger partial charge in [0.1, 0.15) is 49.9 Å². The molecule has 3 N–H and O–H groups in total. The Hall–Kier alpha value is -3.10. The Balaban J connectivity index is 1.30. The fourth-order valence-electron chi connectivity index (χ4n) is 3.99. The number of aromatic nitrogens is 2. The first-order valence-corrected chi connectivity index (χ1v) is 10.2. The maximum atomic E-state index is 13.0. The number of nitrogens with one attached hydrogen (secondary N) is 3. The van der Waals surface area contributed by atoms with Crippen molar-refractivity contribution in [1.29, 1.82) is 0 Å². The second kappa shape index (κ2) is 8.73. The highest BCUT2D eigenvalue weighted by molar-refractivity contribution is 5.91. The van der Waals surface area contributed by atoms with Gasteiger partial charge in [0.05, 0.1) is 0 Å². The number of piperazine rings is 1. The average molecular weight is 411 g/mol. The molecule has 1 aliphatic heterocycles. The molecule has 7 nitrogen and oxygen atoms in total. The maximum Gasteiger partial charge on any atom is 0.279 e. The van der Waals surface area contributed by atoms with Gasteiger partial charge in [-0.3, -0.25) is 14.0 Å². The number of fused-ring (bicyclic) bond motifs is 1. The Bertz CT molecular complexity index is 1100. The van der Waals surface area contributed by atoms with E-state index in [4.69, 9.17) is 0 Å². The number of halogens is 1. The molecule has 1 amide bonds. The first-order chi connectivity index (χ1) is 14.5. The van der Waals surface area contributed by atoms with Gasteiger partial charge in [-0.2, -0.15) is 0 Å². The van der Waals surface area contributed by atoms with Crippen LogP contribution in [-0.4, -0.2) is 48.0 Å². The molecule has 0 bridgehead atoms. The third-order valence-corrected chi connectivity index (χ3v) is 5.57. The summed E-state index contributed by atoms with van der Waals surface area (Å²) in [6.45, 7) is 6.56. The number of hydrogen-bond donors (Lipinski definition) is 3. The summed E-state index contributed by atoms with van der Waals surface area (Å²) in [7, 11) is 0. The van der Waals surface area contributed by atoms with Gasteiger partial charge in [0.15, 0.2) is 6.54 Å². The monoisotopic (exact) mass is 411 g/mol. The highest BCUT2D eigenvalue weighted by atomic mass is 19.1. The van der Waals surface area contributed by atoms with Gasteiger partial charge in [-0.25, -0.2) is 9.37 Å². The van der Waals surface area contributed by atoms with E-state index < -0.39 is 0 Å².